The van der Waals surface area contributed by atoms with Crippen LogP contribution in [0.2, 0.25) is 5.02 Å². The normalized spacial score (nSPS) is 13.6. The van der Waals surface area contributed by atoms with E-state index in [0.717, 1.165) is 6.54 Å². The van der Waals surface area contributed by atoms with E-state index < -0.39 is 10.0 Å². The molecule has 0 spiro atoms. The van der Waals surface area contributed by atoms with Crippen molar-refractivity contribution in [1.29, 1.82) is 0 Å². The van der Waals surface area contributed by atoms with Crippen molar-refractivity contribution < 1.29 is 8.42 Å². The first-order valence-electron chi connectivity index (χ1n) is 5.86. The lowest BCUT2D eigenvalue weighted by Gasteiger charge is -2.14. The lowest BCUT2D eigenvalue weighted by Crippen LogP contribution is -2.38. The van der Waals surface area contributed by atoms with E-state index in [1.165, 1.54) is 6.07 Å². The second kappa shape index (κ2) is 6.52. The SMILES string of the molecule is CCN[C@H](C)CNS(=O)(=O)c1ccc(Cl)cc1C. The molecule has 6 heteroatoms. The Kier molecular flexibility index (Phi) is 5.59. The summed E-state index contributed by atoms with van der Waals surface area (Å²) in [5, 5.41) is 3.68. The van der Waals surface area contributed by atoms with E-state index >= 15 is 0 Å². The molecule has 1 atom stereocenters. The molecule has 0 aromatic heterocycles. The van der Waals surface area contributed by atoms with Gasteiger partial charge in [-0.3, -0.25) is 0 Å². The minimum absolute atomic E-state index is 0.0948. The second-order valence-corrected chi connectivity index (χ2v) is 6.39. The van der Waals surface area contributed by atoms with Crippen LogP contribution in [-0.2, 0) is 10.0 Å². The predicted octanol–water partition coefficient (Wildman–Crippen LogP) is 1.92. The number of likely N-dealkylation sites (N-methyl/N-ethyl adjacent to an activating group) is 1. The zero-order valence-electron chi connectivity index (χ0n) is 10.8. The van der Waals surface area contributed by atoms with E-state index in [-0.39, 0.29) is 10.9 Å². The molecule has 1 aromatic rings. The fourth-order valence-corrected chi connectivity index (χ4v) is 3.23. The van der Waals surface area contributed by atoms with Crippen LogP contribution in [0.25, 0.3) is 0 Å². The molecule has 2 N–H and O–H groups in total. The Hall–Kier alpha value is -0.620. The van der Waals surface area contributed by atoms with Crippen LogP contribution >= 0.6 is 11.6 Å². The first kappa shape index (κ1) is 15.4. The Balaban J connectivity index is 2.80. The van der Waals surface area contributed by atoms with Crippen molar-refractivity contribution in [3.05, 3.63) is 28.8 Å². The van der Waals surface area contributed by atoms with Gasteiger partial charge in [0.15, 0.2) is 0 Å². The van der Waals surface area contributed by atoms with Crippen LogP contribution in [0.3, 0.4) is 0 Å². The van der Waals surface area contributed by atoms with E-state index in [0.29, 0.717) is 17.1 Å². The van der Waals surface area contributed by atoms with Crippen LogP contribution in [0.5, 0.6) is 0 Å². The van der Waals surface area contributed by atoms with Crippen LogP contribution < -0.4 is 10.0 Å². The smallest absolute Gasteiger partial charge is 0.240 e. The first-order valence-corrected chi connectivity index (χ1v) is 7.72. The summed E-state index contributed by atoms with van der Waals surface area (Å²) < 4.78 is 26.8. The summed E-state index contributed by atoms with van der Waals surface area (Å²) in [6.07, 6.45) is 0. The molecule has 1 rings (SSSR count). The van der Waals surface area contributed by atoms with Crippen LogP contribution in [-0.4, -0.2) is 27.5 Å². The summed E-state index contributed by atoms with van der Waals surface area (Å²) >= 11 is 5.81. The summed E-state index contributed by atoms with van der Waals surface area (Å²) in [6, 6.07) is 4.84. The highest BCUT2D eigenvalue weighted by molar-refractivity contribution is 7.89. The molecule has 0 bridgehead atoms. The Morgan fingerprint density at radius 3 is 2.61 bits per heavy atom. The van der Waals surface area contributed by atoms with E-state index in [1.807, 2.05) is 13.8 Å². The molecule has 0 aliphatic carbocycles. The van der Waals surface area contributed by atoms with Crippen molar-refractivity contribution >= 4 is 21.6 Å². The van der Waals surface area contributed by atoms with Gasteiger partial charge in [0.1, 0.15) is 0 Å². The highest BCUT2D eigenvalue weighted by Crippen LogP contribution is 2.19. The number of benzene rings is 1. The summed E-state index contributed by atoms with van der Waals surface area (Å²) in [5.74, 6) is 0. The third-order valence-corrected chi connectivity index (χ3v) is 4.38. The number of aryl methyl sites for hydroxylation is 1. The van der Waals surface area contributed by atoms with Crippen molar-refractivity contribution in [3.8, 4) is 0 Å². The zero-order chi connectivity index (χ0) is 13.8. The topological polar surface area (TPSA) is 58.2 Å². The summed E-state index contributed by atoms with van der Waals surface area (Å²) in [4.78, 5) is 0.274. The van der Waals surface area contributed by atoms with Crippen LogP contribution in [0.4, 0.5) is 0 Å². The van der Waals surface area contributed by atoms with Crippen molar-refractivity contribution in [1.82, 2.24) is 10.0 Å². The molecule has 0 radical (unpaired) electrons. The molecule has 102 valence electrons. The van der Waals surface area contributed by atoms with Crippen LogP contribution in [0.1, 0.15) is 19.4 Å². The predicted molar refractivity (Wildman–Crippen MR) is 74.5 cm³/mol. The molecular weight excluding hydrogens is 272 g/mol. The van der Waals surface area contributed by atoms with E-state index in [9.17, 15) is 8.42 Å². The van der Waals surface area contributed by atoms with Gasteiger partial charge in [-0.15, -0.1) is 0 Å². The molecule has 0 unspecified atom stereocenters. The average molecular weight is 291 g/mol. The second-order valence-electron chi connectivity index (χ2n) is 4.22. The zero-order valence-corrected chi connectivity index (χ0v) is 12.4. The minimum atomic E-state index is -3.47. The lowest BCUT2D eigenvalue weighted by molar-refractivity contribution is 0.536. The molecule has 4 nitrogen and oxygen atoms in total. The van der Waals surface area contributed by atoms with E-state index in [4.69, 9.17) is 11.6 Å². The molecule has 0 amide bonds. The highest BCUT2D eigenvalue weighted by atomic mass is 35.5. The maximum Gasteiger partial charge on any atom is 0.240 e. The number of rotatable bonds is 6. The molecule has 18 heavy (non-hydrogen) atoms. The van der Waals surface area contributed by atoms with Crippen molar-refractivity contribution in [2.24, 2.45) is 0 Å². The van der Waals surface area contributed by atoms with Crippen LogP contribution in [0.15, 0.2) is 23.1 Å². The third-order valence-electron chi connectivity index (χ3n) is 2.56. The molecule has 0 saturated carbocycles. The molecule has 0 heterocycles. The molecule has 1 aromatic carbocycles. The third kappa shape index (κ3) is 4.24. The standard InChI is InChI=1S/C12H19ClN2O2S/c1-4-14-10(3)8-15-18(16,17)12-6-5-11(13)7-9(12)2/h5-7,10,14-15H,4,8H2,1-3H3/t10-/m1/s1. The Morgan fingerprint density at radius 2 is 2.06 bits per heavy atom. The van der Waals surface area contributed by atoms with Crippen molar-refractivity contribution in [3.63, 3.8) is 0 Å². The van der Waals surface area contributed by atoms with Gasteiger partial charge in [-0.25, -0.2) is 13.1 Å². The van der Waals surface area contributed by atoms with Gasteiger partial charge in [0, 0.05) is 17.6 Å². The Bertz CT molecular complexity index is 503. The first-order chi connectivity index (χ1) is 8.36. The molecule has 0 fully saturated rings. The monoisotopic (exact) mass is 290 g/mol. The maximum absolute atomic E-state index is 12.1. The Morgan fingerprint density at radius 1 is 1.39 bits per heavy atom. The fourth-order valence-electron chi connectivity index (χ4n) is 1.65. The highest BCUT2D eigenvalue weighted by Gasteiger charge is 2.17. The summed E-state index contributed by atoms with van der Waals surface area (Å²) in [6.45, 7) is 6.81. The van der Waals surface area contributed by atoms with Gasteiger partial charge in [-0.1, -0.05) is 18.5 Å². The Labute approximate surface area is 114 Å². The van der Waals surface area contributed by atoms with Crippen LogP contribution in [0, 0.1) is 6.92 Å². The van der Waals surface area contributed by atoms with Gasteiger partial charge in [0.2, 0.25) is 10.0 Å². The largest absolute Gasteiger partial charge is 0.313 e. The lowest BCUT2D eigenvalue weighted by atomic mass is 10.2. The molecule has 0 aliphatic heterocycles. The van der Waals surface area contributed by atoms with E-state index in [2.05, 4.69) is 10.0 Å². The maximum atomic E-state index is 12.1. The number of nitrogens with one attached hydrogen (secondary N) is 2. The summed E-state index contributed by atoms with van der Waals surface area (Å²) in [5.41, 5.74) is 0.645. The van der Waals surface area contributed by atoms with Crippen molar-refractivity contribution in [2.75, 3.05) is 13.1 Å². The fraction of sp³-hybridized carbons (Fsp3) is 0.500. The average Bonchev–Trinajstić information content (AvgIpc) is 2.26. The van der Waals surface area contributed by atoms with Gasteiger partial charge in [0.05, 0.1) is 4.90 Å². The quantitative estimate of drug-likeness (QED) is 0.842. The minimum Gasteiger partial charge on any atom is -0.313 e. The van der Waals surface area contributed by atoms with Gasteiger partial charge < -0.3 is 5.32 Å². The molecule has 0 saturated heterocycles. The van der Waals surface area contributed by atoms with Crippen molar-refractivity contribution in [2.45, 2.75) is 31.7 Å². The van der Waals surface area contributed by atoms with Gasteiger partial charge >= 0.3 is 0 Å². The number of sulfonamides is 1. The molecule has 0 aliphatic rings. The summed E-state index contributed by atoms with van der Waals surface area (Å²) in [7, 11) is -3.47. The number of hydrogen-bond donors (Lipinski definition) is 2. The van der Waals surface area contributed by atoms with E-state index in [1.54, 1.807) is 19.1 Å². The molecular formula is C12H19ClN2O2S. The number of halogens is 1. The van der Waals surface area contributed by atoms with Gasteiger partial charge in [-0.2, -0.15) is 0 Å². The van der Waals surface area contributed by atoms with Gasteiger partial charge in [0.25, 0.3) is 0 Å². The number of hydrogen-bond acceptors (Lipinski definition) is 3. The van der Waals surface area contributed by atoms with Gasteiger partial charge in [-0.05, 0) is 44.2 Å².